The molecule has 0 radical (unpaired) electrons. The van der Waals surface area contributed by atoms with E-state index in [1.54, 1.807) is 19.9 Å². The first-order chi connectivity index (χ1) is 10.1. The van der Waals surface area contributed by atoms with Crippen molar-refractivity contribution in [1.29, 1.82) is 0 Å². The Morgan fingerprint density at radius 3 is 2.18 bits per heavy atom. The van der Waals surface area contributed by atoms with Crippen LogP contribution in [0, 0.1) is 13.8 Å². The van der Waals surface area contributed by atoms with E-state index in [0.717, 1.165) is 10.4 Å². The Morgan fingerprint density at radius 1 is 1.23 bits per heavy atom. The number of nitrogens with zero attached hydrogens (tertiary/aromatic N) is 2. The van der Waals surface area contributed by atoms with Crippen LogP contribution in [0.1, 0.15) is 24.3 Å². The van der Waals surface area contributed by atoms with Crippen LogP contribution in [0.25, 0.3) is 0 Å². The second kappa shape index (κ2) is 5.92. The molecule has 22 heavy (non-hydrogen) atoms. The molecule has 1 aromatic rings. The first-order valence-corrected chi connectivity index (χ1v) is 9.38. The van der Waals surface area contributed by atoms with E-state index in [9.17, 15) is 18.3 Å². The molecule has 1 aliphatic heterocycles. The summed E-state index contributed by atoms with van der Waals surface area (Å²) in [5, 5.41) is 9.26. The predicted octanol–water partition coefficient (Wildman–Crippen LogP) is 1.53. The van der Waals surface area contributed by atoms with Crippen molar-refractivity contribution >= 4 is 27.3 Å². The fraction of sp³-hybridized carbons (Fsp3) is 0.643. The zero-order valence-electron chi connectivity index (χ0n) is 13.3. The second-order valence-corrected chi connectivity index (χ2v) is 9.48. The minimum atomic E-state index is -3.48. The average Bonchev–Trinajstić information content (AvgIpc) is 2.79. The molecule has 6 nitrogen and oxygen atoms in total. The number of aryl methyl sites for hydroxylation is 2. The molecule has 0 atom stereocenters. The molecular weight excluding hydrogens is 324 g/mol. The lowest BCUT2D eigenvalue weighted by atomic mass is 10.0. The molecule has 1 aliphatic rings. The Labute approximate surface area is 135 Å². The van der Waals surface area contributed by atoms with Crippen molar-refractivity contribution in [3.05, 3.63) is 16.5 Å². The van der Waals surface area contributed by atoms with Gasteiger partial charge in [-0.15, -0.1) is 11.3 Å². The van der Waals surface area contributed by atoms with Crippen LogP contribution < -0.4 is 0 Å². The van der Waals surface area contributed by atoms with Crippen molar-refractivity contribution in [2.75, 3.05) is 26.2 Å². The Morgan fingerprint density at radius 2 is 1.77 bits per heavy atom. The average molecular weight is 346 g/mol. The summed E-state index contributed by atoms with van der Waals surface area (Å²) in [4.78, 5) is 14.1. The lowest BCUT2D eigenvalue weighted by Crippen LogP contribution is -2.58. The molecule has 0 saturated carbocycles. The summed E-state index contributed by atoms with van der Waals surface area (Å²) in [5.41, 5.74) is 0.000562. The standard InChI is InChI=1S/C14H22N2O4S2/c1-10-9-12(21-11(10)2)22(19,20)16-7-5-15(6-8-16)14(3,4)13(17)18/h9H,5-8H2,1-4H3,(H,17,18). The number of thiophene rings is 1. The molecule has 1 N–H and O–H groups in total. The van der Waals surface area contributed by atoms with Gasteiger partial charge in [0.05, 0.1) is 0 Å². The van der Waals surface area contributed by atoms with Crippen LogP contribution in [0.5, 0.6) is 0 Å². The number of aliphatic carboxylic acids is 1. The lowest BCUT2D eigenvalue weighted by molar-refractivity contribution is -0.150. The van der Waals surface area contributed by atoms with E-state index < -0.39 is 21.5 Å². The van der Waals surface area contributed by atoms with Crippen molar-refractivity contribution in [2.45, 2.75) is 37.4 Å². The summed E-state index contributed by atoms with van der Waals surface area (Å²) in [6.07, 6.45) is 0. The van der Waals surface area contributed by atoms with Crippen molar-refractivity contribution in [3.63, 3.8) is 0 Å². The van der Waals surface area contributed by atoms with Gasteiger partial charge in [-0.3, -0.25) is 9.69 Å². The molecule has 0 unspecified atom stereocenters. The normalized spacial score (nSPS) is 18.5. The van der Waals surface area contributed by atoms with Crippen LogP contribution in [-0.2, 0) is 14.8 Å². The van der Waals surface area contributed by atoms with Gasteiger partial charge in [0, 0.05) is 31.1 Å². The SMILES string of the molecule is Cc1cc(S(=O)(=O)N2CCN(C(C)(C)C(=O)O)CC2)sc1C. The number of carbonyl (C=O) groups is 1. The van der Waals surface area contributed by atoms with Gasteiger partial charge in [0.25, 0.3) is 10.0 Å². The Kier molecular flexibility index (Phi) is 4.68. The van der Waals surface area contributed by atoms with Crippen LogP contribution in [0.4, 0.5) is 0 Å². The van der Waals surface area contributed by atoms with Gasteiger partial charge in [-0.1, -0.05) is 0 Å². The maximum absolute atomic E-state index is 12.6. The topological polar surface area (TPSA) is 77.9 Å². The third-order valence-corrected chi connectivity index (χ3v) is 7.79. The molecule has 2 rings (SSSR count). The zero-order chi connectivity index (χ0) is 16.7. The maximum atomic E-state index is 12.6. The van der Waals surface area contributed by atoms with E-state index in [-0.39, 0.29) is 0 Å². The first-order valence-electron chi connectivity index (χ1n) is 7.12. The molecule has 1 aromatic heterocycles. The van der Waals surface area contributed by atoms with Crippen molar-refractivity contribution < 1.29 is 18.3 Å². The largest absolute Gasteiger partial charge is 0.480 e. The summed E-state index contributed by atoms with van der Waals surface area (Å²) in [6, 6.07) is 1.71. The minimum absolute atomic E-state index is 0.315. The number of carboxylic acid groups (broad SMARTS) is 1. The molecule has 0 amide bonds. The number of hydrogen-bond donors (Lipinski definition) is 1. The van der Waals surface area contributed by atoms with E-state index >= 15 is 0 Å². The van der Waals surface area contributed by atoms with Gasteiger partial charge in [0.1, 0.15) is 9.75 Å². The highest BCUT2D eigenvalue weighted by Gasteiger charge is 2.39. The van der Waals surface area contributed by atoms with E-state index in [2.05, 4.69) is 0 Å². The molecular formula is C14H22N2O4S2. The van der Waals surface area contributed by atoms with Gasteiger partial charge in [-0.25, -0.2) is 8.42 Å². The zero-order valence-corrected chi connectivity index (χ0v) is 14.9. The fourth-order valence-electron chi connectivity index (χ4n) is 2.42. The Hall–Kier alpha value is -0.960. The molecule has 0 bridgehead atoms. The molecule has 8 heteroatoms. The van der Waals surface area contributed by atoms with Gasteiger partial charge < -0.3 is 5.11 Å². The first kappa shape index (κ1) is 17.4. The molecule has 0 aliphatic carbocycles. The van der Waals surface area contributed by atoms with E-state index in [1.165, 1.54) is 15.6 Å². The van der Waals surface area contributed by atoms with Crippen LogP contribution in [-0.4, -0.2) is 60.4 Å². The predicted molar refractivity (Wildman–Crippen MR) is 85.8 cm³/mol. The molecule has 2 heterocycles. The number of hydrogen-bond acceptors (Lipinski definition) is 5. The molecule has 0 spiro atoms. The minimum Gasteiger partial charge on any atom is -0.480 e. The molecule has 124 valence electrons. The van der Waals surface area contributed by atoms with Gasteiger partial charge in [0.2, 0.25) is 0 Å². The van der Waals surface area contributed by atoms with Gasteiger partial charge >= 0.3 is 5.97 Å². The monoisotopic (exact) mass is 346 g/mol. The van der Waals surface area contributed by atoms with Crippen molar-refractivity contribution in [1.82, 2.24) is 9.21 Å². The van der Waals surface area contributed by atoms with Crippen LogP contribution in [0.3, 0.4) is 0 Å². The summed E-state index contributed by atoms with van der Waals surface area (Å²) < 4.78 is 27.1. The second-order valence-electron chi connectivity index (χ2n) is 6.06. The number of rotatable bonds is 4. The van der Waals surface area contributed by atoms with Crippen LogP contribution in [0.2, 0.25) is 0 Å². The number of carboxylic acids is 1. The molecule has 1 fully saturated rings. The number of sulfonamides is 1. The van der Waals surface area contributed by atoms with E-state index in [4.69, 9.17) is 0 Å². The van der Waals surface area contributed by atoms with Crippen molar-refractivity contribution in [3.8, 4) is 0 Å². The third kappa shape index (κ3) is 3.05. The summed E-state index contributed by atoms with van der Waals surface area (Å²) in [5.74, 6) is -0.895. The van der Waals surface area contributed by atoms with Crippen LogP contribution in [0.15, 0.2) is 10.3 Å². The molecule has 0 aromatic carbocycles. The summed E-state index contributed by atoms with van der Waals surface area (Å²) >= 11 is 1.29. The lowest BCUT2D eigenvalue weighted by Gasteiger charge is -2.40. The highest BCUT2D eigenvalue weighted by Crippen LogP contribution is 2.29. The Bertz CT molecular complexity index is 652. The fourth-order valence-corrected chi connectivity index (χ4v) is 5.51. The highest BCUT2D eigenvalue weighted by atomic mass is 32.2. The highest BCUT2D eigenvalue weighted by molar-refractivity contribution is 7.91. The van der Waals surface area contributed by atoms with Gasteiger partial charge in [-0.05, 0) is 39.3 Å². The number of piperazine rings is 1. The quantitative estimate of drug-likeness (QED) is 0.895. The Balaban J connectivity index is 2.13. The summed E-state index contributed by atoms with van der Waals surface area (Å²) in [6.45, 7) is 8.56. The van der Waals surface area contributed by atoms with Gasteiger partial charge in [-0.2, -0.15) is 4.31 Å². The molecule has 1 saturated heterocycles. The summed E-state index contributed by atoms with van der Waals surface area (Å²) in [7, 11) is -3.48. The van der Waals surface area contributed by atoms with E-state index in [1.807, 2.05) is 18.7 Å². The third-order valence-electron chi connectivity index (χ3n) is 4.29. The van der Waals surface area contributed by atoms with E-state index in [0.29, 0.717) is 30.4 Å². The van der Waals surface area contributed by atoms with Crippen LogP contribution >= 0.6 is 11.3 Å². The van der Waals surface area contributed by atoms with Gasteiger partial charge in [0.15, 0.2) is 0 Å². The smallest absolute Gasteiger partial charge is 0.323 e. The van der Waals surface area contributed by atoms with Crippen molar-refractivity contribution in [2.24, 2.45) is 0 Å². The maximum Gasteiger partial charge on any atom is 0.323 e.